The molecule has 0 unspecified atom stereocenters. The molecule has 2 aliphatic rings. The van der Waals surface area contributed by atoms with Crippen LogP contribution in [0.4, 0.5) is 0 Å². The Morgan fingerprint density at radius 2 is 0.850 bits per heavy atom. The summed E-state index contributed by atoms with van der Waals surface area (Å²) in [7, 11) is 0. The van der Waals surface area contributed by atoms with Crippen LogP contribution in [0.5, 0.6) is 11.5 Å². The van der Waals surface area contributed by atoms with Gasteiger partial charge in [-0.25, -0.2) is 15.0 Å². The van der Waals surface area contributed by atoms with Gasteiger partial charge in [0, 0.05) is 27.6 Å². The van der Waals surface area contributed by atoms with Crippen molar-refractivity contribution in [3.05, 3.63) is 235 Å². The number of fused-ring (bicyclic) bond motifs is 5. The van der Waals surface area contributed by atoms with Crippen LogP contribution in [0, 0.1) is 0 Å². The molecule has 4 heteroatoms. The van der Waals surface area contributed by atoms with Gasteiger partial charge in [0.1, 0.15) is 11.5 Å². The molecular formula is C56H35N3O. The molecule has 0 atom stereocenters. The molecule has 1 aromatic heterocycles. The maximum Gasteiger partial charge on any atom is 0.164 e. The summed E-state index contributed by atoms with van der Waals surface area (Å²) in [6.45, 7) is 0. The summed E-state index contributed by atoms with van der Waals surface area (Å²) in [5.41, 5.74) is 14.1. The van der Waals surface area contributed by atoms with Crippen molar-refractivity contribution < 1.29 is 4.74 Å². The minimum atomic E-state index is -0.531. The van der Waals surface area contributed by atoms with Gasteiger partial charge in [0.05, 0.1) is 5.41 Å². The average molecular weight is 766 g/mol. The monoisotopic (exact) mass is 765 g/mol. The van der Waals surface area contributed by atoms with Gasteiger partial charge >= 0.3 is 0 Å². The molecule has 0 N–H and O–H groups in total. The lowest BCUT2D eigenvalue weighted by Crippen LogP contribution is -2.28. The van der Waals surface area contributed by atoms with Gasteiger partial charge in [-0.15, -0.1) is 0 Å². The van der Waals surface area contributed by atoms with Crippen molar-refractivity contribution in [1.29, 1.82) is 0 Å². The molecule has 10 aromatic rings. The molecule has 4 nitrogen and oxygen atoms in total. The van der Waals surface area contributed by atoms with E-state index in [4.69, 9.17) is 19.7 Å². The van der Waals surface area contributed by atoms with Crippen LogP contribution in [0.15, 0.2) is 212 Å². The van der Waals surface area contributed by atoms with E-state index >= 15 is 0 Å². The van der Waals surface area contributed by atoms with Crippen LogP contribution in [0.3, 0.4) is 0 Å². The summed E-state index contributed by atoms with van der Waals surface area (Å²) in [6.07, 6.45) is 0. The smallest absolute Gasteiger partial charge is 0.164 e. The van der Waals surface area contributed by atoms with Crippen LogP contribution in [0.25, 0.3) is 78.3 Å². The minimum absolute atomic E-state index is 0.531. The van der Waals surface area contributed by atoms with Crippen molar-refractivity contribution in [3.63, 3.8) is 0 Å². The third-order valence-corrected chi connectivity index (χ3v) is 12.2. The second-order valence-electron chi connectivity index (χ2n) is 15.5. The molecule has 1 aliphatic carbocycles. The molecule has 0 saturated carbocycles. The Kier molecular flexibility index (Phi) is 7.72. The number of aromatic nitrogens is 3. The van der Waals surface area contributed by atoms with Gasteiger partial charge < -0.3 is 4.74 Å². The zero-order chi connectivity index (χ0) is 39.6. The highest BCUT2D eigenvalue weighted by atomic mass is 16.5. The molecule has 0 amide bonds. The van der Waals surface area contributed by atoms with E-state index < -0.39 is 5.41 Å². The van der Waals surface area contributed by atoms with Crippen molar-refractivity contribution in [2.24, 2.45) is 0 Å². The van der Waals surface area contributed by atoms with Gasteiger partial charge in [-0.05, 0) is 79.7 Å². The van der Waals surface area contributed by atoms with E-state index in [-0.39, 0.29) is 0 Å². The second kappa shape index (κ2) is 13.6. The molecule has 9 aromatic carbocycles. The van der Waals surface area contributed by atoms with Crippen LogP contribution in [-0.4, -0.2) is 15.0 Å². The normalized spacial score (nSPS) is 12.9. The SMILES string of the molecule is c1ccc(-c2nc(-c3ccc(-c4ccc5c(c4)-c4cccc6cccc(c46)O5)cc3)nc(-c3ccc4c(c3)C(c3ccccc3)(c3ccccc3)c3ccccc3-4)n2)cc1. The van der Waals surface area contributed by atoms with Crippen LogP contribution >= 0.6 is 0 Å². The largest absolute Gasteiger partial charge is 0.456 e. The van der Waals surface area contributed by atoms with Gasteiger partial charge in [0.25, 0.3) is 0 Å². The standard InChI is InChI=1S/C56H35N3O/c1-4-14-38(15-5-1)53-57-54(39-28-26-36(27-29-39)40-31-33-50-47(34-40)46-23-12-16-37-17-13-25-51(60-50)52(37)46)59-55(58-53)41-30-32-45-44-22-10-11-24-48(44)56(49(45)35-41,42-18-6-2-7-19-42)43-20-8-3-9-21-43/h1-35H. The molecule has 1 aliphatic heterocycles. The number of ether oxygens (including phenoxy) is 1. The number of hydrogen-bond donors (Lipinski definition) is 0. The highest BCUT2D eigenvalue weighted by Gasteiger charge is 2.46. The Labute approximate surface area is 348 Å². The average Bonchev–Trinajstić information content (AvgIpc) is 3.63. The molecule has 0 spiro atoms. The summed E-state index contributed by atoms with van der Waals surface area (Å²) in [5, 5.41) is 2.33. The van der Waals surface area contributed by atoms with Crippen LogP contribution in [-0.2, 0) is 5.41 Å². The Morgan fingerprint density at radius 3 is 1.57 bits per heavy atom. The summed E-state index contributed by atoms with van der Waals surface area (Å²) in [4.78, 5) is 15.5. The molecular weight excluding hydrogens is 731 g/mol. The Morgan fingerprint density at radius 1 is 0.317 bits per heavy atom. The highest BCUT2D eigenvalue weighted by molar-refractivity contribution is 6.04. The number of benzene rings is 9. The lowest BCUT2D eigenvalue weighted by atomic mass is 9.67. The van der Waals surface area contributed by atoms with E-state index in [1.54, 1.807) is 0 Å². The van der Waals surface area contributed by atoms with Gasteiger partial charge in [0.15, 0.2) is 17.5 Å². The third-order valence-electron chi connectivity index (χ3n) is 12.2. The van der Waals surface area contributed by atoms with Crippen molar-refractivity contribution in [2.75, 3.05) is 0 Å². The topological polar surface area (TPSA) is 47.9 Å². The van der Waals surface area contributed by atoms with Gasteiger partial charge in [-0.2, -0.15) is 0 Å². The van der Waals surface area contributed by atoms with E-state index in [1.165, 1.54) is 44.3 Å². The van der Waals surface area contributed by atoms with Crippen LogP contribution in [0.1, 0.15) is 22.3 Å². The molecule has 2 heterocycles. The summed E-state index contributed by atoms with van der Waals surface area (Å²) >= 11 is 0. The number of nitrogens with zero attached hydrogens (tertiary/aromatic N) is 3. The molecule has 0 radical (unpaired) electrons. The Bertz CT molecular complexity index is 3230. The molecule has 12 rings (SSSR count). The first-order chi connectivity index (χ1) is 29.7. The minimum Gasteiger partial charge on any atom is -0.456 e. The van der Waals surface area contributed by atoms with E-state index in [0.29, 0.717) is 17.5 Å². The first kappa shape index (κ1) is 34.1. The molecule has 60 heavy (non-hydrogen) atoms. The predicted octanol–water partition coefficient (Wildman–Crippen LogP) is 13.8. The maximum absolute atomic E-state index is 6.39. The fourth-order valence-electron chi connectivity index (χ4n) is 9.49. The van der Waals surface area contributed by atoms with Crippen LogP contribution in [0.2, 0.25) is 0 Å². The van der Waals surface area contributed by atoms with E-state index in [1.807, 2.05) is 30.3 Å². The number of hydrogen-bond acceptors (Lipinski definition) is 4. The van der Waals surface area contributed by atoms with E-state index in [9.17, 15) is 0 Å². The van der Waals surface area contributed by atoms with Gasteiger partial charge in [0.2, 0.25) is 0 Å². The quantitative estimate of drug-likeness (QED) is 0.169. The fraction of sp³-hybridized carbons (Fsp3) is 0.0179. The predicted molar refractivity (Wildman–Crippen MR) is 242 cm³/mol. The fourth-order valence-corrected chi connectivity index (χ4v) is 9.49. The van der Waals surface area contributed by atoms with Crippen LogP contribution < -0.4 is 4.74 Å². The Hall–Kier alpha value is -7.95. The summed E-state index contributed by atoms with van der Waals surface area (Å²) in [5.74, 6) is 3.64. The Balaban J connectivity index is 0.984. The van der Waals surface area contributed by atoms with E-state index in [0.717, 1.165) is 50.3 Å². The molecule has 0 bridgehead atoms. The first-order valence-electron chi connectivity index (χ1n) is 20.3. The maximum atomic E-state index is 6.39. The lowest BCUT2D eigenvalue weighted by molar-refractivity contribution is 0.487. The number of rotatable bonds is 6. The van der Waals surface area contributed by atoms with Crippen molar-refractivity contribution in [3.8, 4) is 79.0 Å². The molecule has 280 valence electrons. The summed E-state index contributed by atoms with van der Waals surface area (Å²) < 4.78 is 6.39. The zero-order valence-corrected chi connectivity index (χ0v) is 32.5. The molecule has 0 saturated heterocycles. The van der Waals surface area contributed by atoms with Gasteiger partial charge in [-0.1, -0.05) is 188 Å². The highest BCUT2D eigenvalue weighted by Crippen LogP contribution is 2.56. The van der Waals surface area contributed by atoms with Crippen molar-refractivity contribution in [1.82, 2.24) is 15.0 Å². The zero-order valence-electron chi connectivity index (χ0n) is 32.5. The van der Waals surface area contributed by atoms with Crippen molar-refractivity contribution >= 4 is 10.8 Å². The lowest BCUT2D eigenvalue weighted by Gasteiger charge is -2.34. The molecule has 0 fully saturated rings. The first-order valence-corrected chi connectivity index (χ1v) is 20.3. The second-order valence-corrected chi connectivity index (χ2v) is 15.5. The summed E-state index contributed by atoms with van der Waals surface area (Å²) in [6, 6.07) is 75.1. The van der Waals surface area contributed by atoms with Gasteiger partial charge in [-0.3, -0.25) is 0 Å². The third kappa shape index (κ3) is 5.28. The van der Waals surface area contributed by atoms with Crippen molar-refractivity contribution in [2.45, 2.75) is 5.41 Å². The van der Waals surface area contributed by atoms with E-state index in [2.05, 4.69) is 182 Å².